The van der Waals surface area contributed by atoms with Crippen LogP contribution in [0.25, 0.3) is 0 Å². The Morgan fingerprint density at radius 3 is 2.70 bits per heavy atom. The lowest BCUT2D eigenvalue weighted by atomic mass is 10.4. The highest BCUT2D eigenvalue weighted by Gasteiger charge is 2.06. The number of nitrogens with zero attached hydrogens (tertiary/aromatic N) is 4. The first kappa shape index (κ1) is 15.2. The van der Waals surface area contributed by atoms with Crippen LogP contribution in [0.2, 0.25) is 0 Å². The van der Waals surface area contributed by atoms with Crippen molar-refractivity contribution >= 4 is 37.8 Å². The second kappa shape index (κ2) is 7.03. The number of amides is 1. The van der Waals surface area contributed by atoms with E-state index in [9.17, 15) is 4.79 Å². The molecule has 20 heavy (non-hydrogen) atoms. The van der Waals surface area contributed by atoms with Gasteiger partial charge in [0.25, 0.3) is 0 Å². The molecule has 1 amide bonds. The van der Waals surface area contributed by atoms with Crippen LogP contribution < -0.4 is 5.32 Å². The van der Waals surface area contributed by atoms with Crippen molar-refractivity contribution in [1.29, 1.82) is 0 Å². The molecule has 0 spiro atoms. The van der Waals surface area contributed by atoms with Crippen molar-refractivity contribution in [2.75, 3.05) is 6.54 Å². The average molecular weight is 405 g/mol. The van der Waals surface area contributed by atoms with E-state index in [0.717, 1.165) is 14.6 Å². The van der Waals surface area contributed by atoms with Gasteiger partial charge in [0.05, 0.1) is 27.9 Å². The van der Waals surface area contributed by atoms with Gasteiger partial charge in [-0.05, 0) is 38.8 Å². The summed E-state index contributed by atoms with van der Waals surface area (Å²) in [6, 6.07) is 0. The summed E-state index contributed by atoms with van der Waals surface area (Å²) in [5.74, 6) is 0.0160. The smallest absolute Gasteiger partial charge is 0.221 e. The highest BCUT2D eigenvalue weighted by Crippen LogP contribution is 2.14. The number of carbonyl (C=O) groups excluding carboxylic acids is 1. The first-order valence-electron chi connectivity index (χ1n) is 6.19. The fraction of sp³-hybridized carbons (Fsp3) is 0.417. The van der Waals surface area contributed by atoms with Gasteiger partial charge in [-0.3, -0.25) is 14.2 Å². The average Bonchev–Trinajstić information content (AvgIpc) is 2.96. The van der Waals surface area contributed by atoms with E-state index < -0.39 is 0 Å². The van der Waals surface area contributed by atoms with E-state index in [4.69, 9.17) is 0 Å². The molecule has 0 saturated heterocycles. The van der Waals surface area contributed by atoms with Crippen molar-refractivity contribution in [2.45, 2.75) is 26.4 Å². The fourth-order valence-electron chi connectivity index (χ4n) is 1.72. The zero-order chi connectivity index (χ0) is 14.5. The molecule has 0 aliphatic carbocycles. The molecule has 1 N–H and O–H groups in total. The Morgan fingerprint density at radius 2 is 2.10 bits per heavy atom. The Kier molecular flexibility index (Phi) is 5.36. The molecule has 8 heteroatoms. The van der Waals surface area contributed by atoms with Gasteiger partial charge in [0, 0.05) is 31.4 Å². The summed E-state index contributed by atoms with van der Waals surface area (Å²) in [6.07, 6.45) is 5.75. The number of aromatic nitrogens is 4. The monoisotopic (exact) mass is 403 g/mol. The molecular formula is C12H15Br2N5O. The third-order valence-corrected chi connectivity index (χ3v) is 4.05. The molecule has 108 valence electrons. The molecule has 0 bridgehead atoms. The first-order chi connectivity index (χ1) is 9.56. The highest BCUT2D eigenvalue weighted by atomic mass is 79.9. The van der Waals surface area contributed by atoms with Crippen LogP contribution in [-0.2, 0) is 17.9 Å². The van der Waals surface area contributed by atoms with Gasteiger partial charge in [0.1, 0.15) is 0 Å². The molecule has 0 unspecified atom stereocenters. The standard InChI is InChI=1S/C12H15Br2N5O/c1-9-11(14)7-17-19(9)4-2-12(20)15-3-5-18-8-10(13)6-16-18/h6-8H,2-5H2,1H3,(H,15,20). The number of nitrogens with one attached hydrogen (secondary N) is 1. The summed E-state index contributed by atoms with van der Waals surface area (Å²) in [4.78, 5) is 11.7. The Labute approximate surface area is 133 Å². The van der Waals surface area contributed by atoms with Gasteiger partial charge in [-0.25, -0.2) is 0 Å². The minimum atomic E-state index is 0.0160. The molecule has 0 aliphatic rings. The number of rotatable bonds is 6. The fourth-order valence-corrected chi connectivity index (χ4v) is 2.34. The lowest BCUT2D eigenvalue weighted by molar-refractivity contribution is -0.121. The summed E-state index contributed by atoms with van der Waals surface area (Å²) in [5, 5.41) is 11.2. The molecule has 0 aliphatic heterocycles. The van der Waals surface area contributed by atoms with E-state index in [-0.39, 0.29) is 5.91 Å². The van der Waals surface area contributed by atoms with E-state index in [1.165, 1.54) is 0 Å². The number of aryl methyl sites for hydroxylation is 1. The molecule has 6 nitrogen and oxygen atoms in total. The SMILES string of the molecule is Cc1c(Br)cnn1CCC(=O)NCCn1cc(Br)cn1. The molecule has 2 rings (SSSR count). The first-order valence-corrected chi connectivity index (χ1v) is 7.77. The maximum Gasteiger partial charge on any atom is 0.221 e. The largest absolute Gasteiger partial charge is 0.354 e. The lowest BCUT2D eigenvalue weighted by Crippen LogP contribution is -2.28. The second-order valence-corrected chi connectivity index (χ2v) is 6.09. The Morgan fingerprint density at radius 1 is 1.30 bits per heavy atom. The lowest BCUT2D eigenvalue weighted by Gasteiger charge is -2.07. The van der Waals surface area contributed by atoms with Crippen LogP contribution in [0.15, 0.2) is 27.5 Å². The van der Waals surface area contributed by atoms with Crippen LogP contribution in [0.4, 0.5) is 0 Å². The molecular weight excluding hydrogens is 390 g/mol. The number of carbonyl (C=O) groups is 1. The van der Waals surface area contributed by atoms with Crippen LogP contribution in [0.3, 0.4) is 0 Å². The minimum absolute atomic E-state index is 0.0160. The zero-order valence-electron chi connectivity index (χ0n) is 11.0. The highest BCUT2D eigenvalue weighted by molar-refractivity contribution is 9.10. The summed E-state index contributed by atoms with van der Waals surface area (Å²) in [5.41, 5.74) is 1.03. The van der Waals surface area contributed by atoms with Crippen molar-refractivity contribution in [1.82, 2.24) is 24.9 Å². The topological polar surface area (TPSA) is 64.7 Å². The van der Waals surface area contributed by atoms with Gasteiger partial charge in [0.15, 0.2) is 0 Å². The van der Waals surface area contributed by atoms with Gasteiger partial charge < -0.3 is 5.32 Å². The normalized spacial score (nSPS) is 10.8. The second-order valence-electron chi connectivity index (χ2n) is 4.32. The summed E-state index contributed by atoms with van der Waals surface area (Å²) < 4.78 is 5.48. The molecule has 0 fully saturated rings. The third-order valence-electron chi connectivity index (χ3n) is 2.86. The van der Waals surface area contributed by atoms with Crippen LogP contribution in [0.5, 0.6) is 0 Å². The van der Waals surface area contributed by atoms with E-state index in [0.29, 0.717) is 26.1 Å². The van der Waals surface area contributed by atoms with Crippen LogP contribution in [0, 0.1) is 6.92 Å². The molecule has 2 aromatic heterocycles. The zero-order valence-corrected chi connectivity index (χ0v) is 14.2. The van der Waals surface area contributed by atoms with E-state index in [1.54, 1.807) is 17.1 Å². The Bertz CT molecular complexity index is 592. The van der Waals surface area contributed by atoms with E-state index in [1.807, 2.05) is 17.8 Å². The molecule has 0 atom stereocenters. The van der Waals surface area contributed by atoms with Gasteiger partial charge in [-0.2, -0.15) is 10.2 Å². The number of hydrogen-bond acceptors (Lipinski definition) is 3. The van der Waals surface area contributed by atoms with Crippen molar-refractivity contribution in [2.24, 2.45) is 0 Å². The maximum atomic E-state index is 11.7. The van der Waals surface area contributed by atoms with E-state index in [2.05, 4.69) is 47.4 Å². The Hall–Kier alpha value is -1.15. The van der Waals surface area contributed by atoms with Crippen LogP contribution in [0.1, 0.15) is 12.1 Å². The summed E-state index contributed by atoms with van der Waals surface area (Å²) in [6.45, 7) is 3.76. The number of hydrogen-bond donors (Lipinski definition) is 1. The van der Waals surface area contributed by atoms with Crippen molar-refractivity contribution in [3.8, 4) is 0 Å². The van der Waals surface area contributed by atoms with Crippen molar-refractivity contribution in [3.63, 3.8) is 0 Å². The summed E-state index contributed by atoms with van der Waals surface area (Å²) >= 11 is 6.72. The molecule has 2 aromatic rings. The third kappa shape index (κ3) is 4.17. The molecule has 2 heterocycles. The Balaban J connectivity index is 1.69. The molecule has 0 saturated carbocycles. The van der Waals surface area contributed by atoms with Gasteiger partial charge in [-0.1, -0.05) is 0 Å². The van der Waals surface area contributed by atoms with Gasteiger partial charge in [-0.15, -0.1) is 0 Å². The van der Waals surface area contributed by atoms with Crippen LogP contribution >= 0.6 is 31.9 Å². The van der Waals surface area contributed by atoms with Crippen molar-refractivity contribution < 1.29 is 4.79 Å². The predicted molar refractivity (Wildman–Crippen MR) is 82.2 cm³/mol. The predicted octanol–water partition coefficient (Wildman–Crippen LogP) is 2.12. The van der Waals surface area contributed by atoms with Crippen molar-refractivity contribution in [3.05, 3.63) is 33.2 Å². The van der Waals surface area contributed by atoms with Crippen LogP contribution in [-0.4, -0.2) is 32.0 Å². The van der Waals surface area contributed by atoms with Gasteiger partial charge in [0.2, 0.25) is 5.91 Å². The molecule has 0 radical (unpaired) electrons. The number of halogens is 2. The molecule has 0 aromatic carbocycles. The van der Waals surface area contributed by atoms with Gasteiger partial charge >= 0.3 is 0 Å². The maximum absolute atomic E-state index is 11.7. The minimum Gasteiger partial charge on any atom is -0.354 e. The van der Waals surface area contributed by atoms with E-state index >= 15 is 0 Å². The summed E-state index contributed by atoms with van der Waals surface area (Å²) in [7, 11) is 0. The quantitative estimate of drug-likeness (QED) is 0.801.